The van der Waals surface area contributed by atoms with Crippen molar-refractivity contribution < 1.29 is 14.3 Å². The molecular formula is C21H30N4O3. The van der Waals surface area contributed by atoms with Crippen LogP contribution in [0, 0.1) is 6.92 Å². The fourth-order valence-corrected chi connectivity index (χ4v) is 3.62. The third-order valence-corrected chi connectivity index (χ3v) is 4.89. The lowest BCUT2D eigenvalue weighted by atomic mass is 10.2. The lowest BCUT2D eigenvalue weighted by molar-refractivity contribution is -0.125. The molecule has 28 heavy (non-hydrogen) atoms. The van der Waals surface area contributed by atoms with Crippen LogP contribution in [0.5, 0.6) is 0 Å². The van der Waals surface area contributed by atoms with Gasteiger partial charge in [0.2, 0.25) is 5.91 Å². The number of imidazole rings is 1. The first-order chi connectivity index (χ1) is 13.3. The van der Waals surface area contributed by atoms with Crippen LogP contribution in [0.25, 0.3) is 11.0 Å². The number of rotatable bonds is 5. The van der Waals surface area contributed by atoms with E-state index in [0.717, 1.165) is 36.2 Å². The lowest BCUT2D eigenvalue weighted by Crippen LogP contribution is -2.47. The molecule has 2 aromatic rings. The molecule has 0 aliphatic carbocycles. The minimum Gasteiger partial charge on any atom is -0.444 e. The number of carbonyl (C=O) groups is 2. The van der Waals surface area contributed by atoms with Crippen molar-refractivity contribution in [3.8, 4) is 0 Å². The highest BCUT2D eigenvalue weighted by Crippen LogP contribution is 2.21. The summed E-state index contributed by atoms with van der Waals surface area (Å²) in [6.45, 7) is 9.40. The number of likely N-dealkylation sites (tertiary alicyclic amines) is 1. The molecule has 1 aliphatic heterocycles. The molecule has 1 unspecified atom stereocenters. The summed E-state index contributed by atoms with van der Waals surface area (Å²) >= 11 is 0. The standard InChI is InChI=1S/C21H30N4O3/c1-15-23-16-9-5-6-10-17(16)24(15)14-8-12-22-19(26)18-11-7-13-25(18)20(27)28-21(2,3)4/h5-6,9-10,18H,7-8,11-14H2,1-4H3,(H,22,26). The molecule has 7 heteroatoms. The third-order valence-electron chi connectivity index (χ3n) is 4.89. The SMILES string of the molecule is Cc1nc2ccccc2n1CCCNC(=O)C1CCCN1C(=O)OC(C)(C)C. The van der Waals surface area contributed by atoms with Gasteiger partial charge < -0.3 is 14.6 Å². The largest absolute Gasteiger partial charge is 0.444 e. The van der Waals surface area contributed by atoms with Crippen molar-refractivity contribution in [1.82, 2.24) is 19.8 Å². The number of ether oxygens (including phenoxy) is 1. The second kappa shape index (κ2) is 8.20. The number of carbonyl (C=O) groups excluding carboxylic acids is 2. The number of nitrogens with zero attached hydrogens (tertiary/aromatic N) is 3. The number of hydrogen-bond acceptors (Lipinski definition) is 4. The normalized spacial score (nSPS) is 17.1. The van der Waals surface area contributed by atoms with Crippen LogP contribution in [0.2, 0.25) is 0 Å². The van der Waals surface area contributed by atoms with Crippen molar-refractivity contribution in [1.29, 1.82) is 0 Å². The number of benzene rings is 1. The second-order valence-corrected chi connectivity index (χ2v) is 8.28. The zero-order valence-electron chi connectivity index (χ0n) is 17.2. The highest BCUT2D eigenvalue weighted by molar-refractivity contribution is 5.86. The Morgan fingerprint density at radius 1 is 1.29 bits per heavy atom. The Kier molecular flexibility index (Phi) is 5.91. The van der Waals surface area contributed by atoms with Crippen LogP contribution >= 0.6 is 0 Å². The molecule has 1 aliphatic rings. The summed E-state index contributed by atoms with van der Waals surface area (Å²) in [5, 5.41) is 2.98. The zero-order valence-corrected chi connectivity index (χ0v) is 17.2. The van der Waals surface area contributed by atoms with Crippen molar-refractivity contribution >= 4 is 23.0 Å². The van der Waals surface area contributed by atoms with Crippen LogP contribution in [0.15, 0.2) is 24.3 Å². The molecule has 2 heterocycles. The zero-order chi connectivity index (χ0) is 20.3. The fourth-order valence-electron chi connectivity index (χ4n) is 3.62. The van der Waals surface area contributed by atoms with Gasteiger partial charge in [-0.3, -0.25) is 9.69 Å². The van der Waals surface area contributed by atoms with Crippen LogP contribution in [-0.2, 0) is 16.1 Å². The lowest BCUT2D eigenvalue weighted by Gasteiger charge is -2.28. The highest BCUT2D eigenvalue weighted by atomic mass is 16.6. The van der Waals surface area contributed by atoms with Gasteiger partial charge in [-0.25, -0.2) is 9.78 Å². The summed E-state index contributed by atoms with van der Waals surface area (Å²) in [5.74, 6) is 0.870. The third kappa shape index (κ3) is 4.64. The average Bonchev–Trinajstić information content (AvgIpc) is 3.22. The molecule has 0 spiro atoms. The van der Waals surface area contributed by atoms with Gasteiger partial charge in [-0.05, 0) is 59.1 Å². The van der Waals surface area contributed by atoms with Gasteiger partial charge in [-0.2, -0.15) is 0 Å². The monoisotopic (exact) mass is 386 g/mol. The number of nitrogens with one attached hydrogen (secondary N) is 1. The number of amides is 2. The molecule has 0 saturated carbocycles. The Labute approximate surface area is 166 Å². The summed E-state index contributed by atoms with van der Waals surface area (Å²) in [5.41, 5.74) is 1.53. The number of aryl methyl sites for hydroxylation is 2. The van der Waals surface area contributed by atoms with Crippen LogP contribution in [0.1, 0.15) is 45.9 Å². The number of fused-ring (bicyclic) bond motifs is 1. The van der Waals surface area contributed by atoms with Gasteiger partial charge in [0.05, 0.1) is 11.0 Å². The summed E-state index contributed by atoms with van der Waals surface area (Å²) in [4.78, 5) is 31.0. The molecule has 1 aromatic heterocycles. The van der Waals surface area contributed by atoms with E-state index in [0.29, 0.717) is 19.5 Å². The van der Waals surface area contributed by atoms with Gasteiger partial charge in [0.15, 0.2) is 0 Å². The predicted molar refractivity (Wildman–Crippen MR) is 108 cm³/mol. The molecule has 1 fully saturated rings. The van der Waals surface area contributed by atoms with Gasteiger partial charge in [0.1, 0.15) is 17.5 Å². The molecule has 3 rings (SSSR count). The molecule has 7 nitrogen and oxygen atoms in total. The first kappa shape index (κ1) is 20.2. The molecule has 0 bridgehead atoms. The van der Waals surface area contributed by atoms with Gasteiger partial charge in [-0.15, -0.1) is 0 Å². The van der Waals surface area contributed by atoms with Crippen LogP contribution in [0.4, 0.5) is 4.79 Å². The van der Waals surface area contributed by atoms with Crippen LogP contribution in [0.3, 0.4) is 0 Å². The summed E-state index contributed by atoms with van der Waals surface area (Å²) in [7, 11) is 0. The van der Waals surface area contributed by atoms with E-state index in [1.165, 1.54) is 0 Å². The highest BCUT2D eigenvalue weighted by Gasteiger charge is 2.36. The minimum absolute atomic E-state index is 0.101. The van der Waals surface area contributed by atoms with Crippen molar-refractivity contribution in [3.63, 3.8) is 0 Å². The number of hydrogen-bond donors (Lipinski definition) is 1. The molecule has 1 aromatic carbocycles. The Morgan fingerprint density at radius 2 is 2.04 bits per heavy atom. The average molecular weight is 386 g/mol. The molecule has 0 radical (unpaired) electrons. The van der Waals surface area contributed by atoms with E-state index in [-0.39, 0.29) is 5.91 Å². The summed E-state index contributed by atoms with van der Waals surface area (Å²) in [6.07, 6.45) is 1.88. The summed E-state index contributed by atoms with van der Waals surface area (Å²) < 4.78 is 7.60. The summed E-state index contributed by atoms with van der Waals surface area (Å²) in [6, 6.07) is 7.62. The van der Waals surface area contributed by atoms with Crippen molar-refractivity contribution in [2.75, 3.05) is 13.1 Å². The molecule has 152 valence electrons. The Bertz CT molecular complexity index is 853. The smallest absolute Gasteiger partial charge is 0.410 e. The van der Waals surface area contributed by atoms with E-state index in [1.807, 2.05) is 45.9 Å². The van der Waals surface area contributed by atoms with Gasteiger partial charge in [-0.1, -0.05) is 12.1 Å². The van der Waals surface area contributed by atoms with Gasteiger partial charge >= 0.3 is 6.09 Å². The first-order valence-corrected chi connectivity index (χ1v) is 9.95. The second-order valence-electron chi connectivity index (χ2n) is 8.28. The van der Waals surface area contributed by atoms with E-state index in [9.17, 15) is 9.59 Å². The molecule has 1 N–H and O–H groups in total. The molecule has 1 atom stereocenters. The van der Waals surface area contributed by atoms with Gasteiger partial charge in [0, 0.05) is 19.6 Å². The van der Waals surface area contributed by atoms with E-state index in [1.54, 1.807) is 4.90 Å². The maximum Gasteiger partial charge on any atom is 0.410 e. The predicted octanol–water partition coefficient (Wildman–Crippen LogP) is 3.25. The number of aromatic nitrogens is 2. The van der Waals surface area contributed by atoms with E-state index in [2.05, 4.69) is 20.9 Å². The topological polar surface area (TPSA) is 76.5 Å². The molecule has 1 saturated heterocycles. The van der Waals surface area contributed by atoms with Crippen LogP contribution in [-0.4, -0.2) is 51.2 Å². The molecule has 2 amide bonds. The Morgan fingerprint density at radius 3 is 2.79 bits per heavy atom. The Balaban J connectivity index is 1.51. The van der Waals surface area contributed by atoms with Crippen molar-refractivity contribution in [3.05, 3.63) is 30.1 Å². The quantitative estimate of drug-likeness (QED) is 0.801. The maximum atomic E-state index is 12.6. The van der Waals surface area contributed by atoms with E-state index < -0.39 is 17.7 Å². The van der Waals surface area contributed by atoms with E-state index >= 15 is 0 Å². The van der Waals surface area contributed by atoms with Gasteiger partial charge in [0.25, 0.3) is 0 Å². The van der Waals surface area contributed by atoms with Crippen molar-refractivity contribution in [2.24, 2.45) is 0 Å². The fraction of sp³-hybridized carbons (Fsp3) is 0.571. The van der Waals surface area contributed by atoms with Crippen molar-refractivity contribution in [2.45, 2.75) is 65.1 Å². The Hall–Kier alpha value is -2.57. The molecular weight excluding hydrogens is 356 g/mol. The number of para-hydroxylation sites is 2. The van der Waals surface area contributed by atoms with E-state index in [4.69, 9.17) is 4.74 Å². The minimum atomic E-state index is -0.563. The first-order valence-electron chi connectivity index (χ1n) is 9.95. The maximum absolute atomic E-state index is 12.6. The van der Waals surface area contributed by atoms with Crippen LogP contribution < -0.4 is 5.32 Å².